The lowest BCUT2D eigenvalue weighted by Crippen LogP contribution is -2.34. The number of hydrogen-bond acceptors (Lipinski definition) is 4. The standard InChI is InChI=1S/C20H30N2O3/c1-24-19-9-5-6-17(12-19)22-11-10-16(14-22)13-21-20(23)15-25-18-7-3-2-4-8-18/h5-6,9,12,16,18H,2-4,7-8,10-11,13-15H2,1H3,(H,21,23). The van der Waals surface area contributed by atoms with Gasteiger partial charge in [0.2, 0.25) is 5.91 Å². The lowest BCUT2D eigenvalue weighted by atomic mass is 9.98. The molecule has 1 aromatic carbocycles. The molecule has 1 saturated carbocycles. The maximum Gasteiger partial charge on any atom is 0.246 e. The highest BCUT2D eigenvalue weighted by molar-refractivity contribution is 5.77. The SMILES string of the molecule is COc1cccc(N2CCC(CNC(=O)COC3CCCCC3)C2)c1. The summed E-state index contributed by atoms with van der Waals surface area (Å²) in [7, 11) is 1.69. The topological polar surface area (TPSA) is 50.8 Å². The van der Waals surface area contributed by atoms with E-state index in [1.165, 1.54) is 24.9 Å². The first-order valence-corrected chi connectivity index (χ1v) is 9.52. The Bertz CT molecular complexity index is 558. The number of nitrogens with one attached hydrogen (secondary N) is 1. The van der Waals surface area contributed by atoms with Gasteiger partial charge in [0.15, 0.2) is 0 Å². The molecule has 2 aliphatic rings. The summed E-state index contributed by atoms with van der Waals surface area (Å²) in [5, 5.41) is 3.04. The van der Waals surface area contributed by atoms with E-state index >= 15 is 0 Å². The van der Waals surface area contributed by atoms with Crippen molar-refractivity contribution < 1.29 is 14.3 Å². The Hall–Kier alpha value is -1.75. The first-order chi connectivity index (χ1) is 12.2. The van der Waals surface area contributed by atoms with E-state index in [1.54, 1.807) is 7.11 Å². The van der Waals surface area contributed by atoms with Crippen LogP contribution >= 0.6 is 0 Å². The zero-order valence-corrected chi connectivity index (χ0v) is 15.2. The second-order valence-corrected chi connectivity index (χ2v) is 7.18. The van der Waals surface area contributed by atoms with E-state index in [2.05, 4.69) is 22.3 Å². The number of benzene rings is 1. The number of ether oxygens (including phenoxy) is 2. The minimum absolute atomic E-state index is 0.0189. The van der Waals surface area contributed by atoms with Crippen molar-refractivity contribution in [2.45, 2.75) is 44.6 Å². The van der Waals surface area contributed by atoms with Crippen molar-refractivity contribution in [1.29, 1.82) is 0 Å². The molecule has 1 amide bonds. The molecule has 0 spiro atoms. The van der Waals surface area contributed by atoms with E-state index in [4.69, 9.17) is 9.47 Å². The molecule has 3 rings (SSSR count). The van der Waals surface area contributed by atoms with Crippen LogP contribution in [-0.4, -0.2) is 45.4 Å². The molecule has 2 fully saturated rings. The summed E-state index contributed by atoms with van der Waals surface area (Å²) in [4.78, 5) is 14.4. The smallest absolute Gasteiger partial charge is 0.246 e. The summed E-state index contributed by atoms with van der Waals surface area (Å²) in [5.41, 5.74) is 1.19. The number of anilines is 1. The van der Waals surface area contributed by atoms with E-state index in [0.717, 1.165) is 44.6 Å². The number of methoxy groups -OCH3 is 1. The summed E-state index contributed by atoms with van der Waals surface area (Å²) in [6.45, 7) is 2.92. The van der Waals surface area contributed by atoms with E-state index in [1.807, 2.05) is 12.1 Å². The largest absolute Gasteiger partial charge is 0.497 e. The molecular weight excluding hydrogens is 316 g/mol. The maximum absolute atomic E-state index is 12.0. The summed E-state index contributed by atoms with van der Waals surface area (Å²) in [6.07, 6.45) is 7.35. The van der Waals surface area contributed by atoms with Gasteiger partial charge in [0.25, 0.3) is 0 Å². The molecule has 1 aliphatic heterocycles. The Balaban J connectivity index is 1.37. The van der Waals surface area contributed by atoms with Gasteiger partial charge < -0.3 is 19.7 Å². The van der Waals surface area contributed by atoms with Gasteiger partial charge in [-0.2, -0.15) is 0 Å². The number of carbonyl (C=O) groups is 1. The minimum Gasteiger partial charge on any atom is -0.497 e. The van der Waals surface area contributed by atoms with Crippen LogP contribution < -0.4 is 15.0 Å². The highest BCUT2D eigenvalue weighted by Gasteiger charge is 2.23. The molecule has 0 radical (unpaired) electrons. The highest BCUT2D eigenvalue weighted by atomic mass is 16.5. The summed E-state index contributed by atoms with van der Waals surface area (Å²) in [6, 6.07) is 8.16. The summed E-state index contributed by atoms with van der Waals surface area (Å²) >= 11 is 0. The third-order valence-corrected chi connectivity index (χ3v) is 5.29. The molecule has 1 aliphatic carbocycles. The lowest BCUT2D eigenvalue weighted by Gasteiger charge is -2.22. The van der Waals surface area contributed by atoms with Crippen LogP contribution in [0, 0.1) is 5.92 Å². The van der Waals surface area contributed by atoms with Crippen LogP contribution in [0.3, 0.4) is 0 Å². The Kier molecular flexibility index (Phi) is 6.56. The number of nitrogens with zero attached hydrogens (tertiary/aromatic N) is 1. The molecule has 1 heterocycles. The molecule has 5 heteroatoms. The molecule has 0 aromatic heterocycles. The highest BCUT2D eigenvalue weighted by Crippen LogP contribution is 2.26. The molecule has 138 valence electrons. The normalized spacial score (nSPS) is 21.3. The van der Waals surface area contributed by atoms with Gasteiger partial charge >= 0.3 is 0 Å². The fourth-order valence-corrected chi connectivity index (χ4v) is 3.78. The van der Waals surface area contributed by atoms with Gasteiger partial charge in [0, 0.05) is 31.4 Å². The molecule has 25 heavy (non-hydrogen) atoms. The van der Waals surface area contributed by atoms with Crippen LogP contribution in [0.5, 0.6) is 5.75 Å². The molecule has 1 atom stereocenters. The van der Waals surface area contributed by atoms with E-state index in [0.29, 0.717) is 5.92 Å². The van der Waals surface area contributed by atoms with Crippen LogP contribution in [-0.2, 0) is 9.53 Å². The molecular formula is C20H30N2O3. The average Bonchev–Trinajstić information content (AvgIpc) is 3.15. The number of amides is 1. The van der Waals surface area contributed by atoms with Crippen LogP contribution in [0.1, 0.15) is 38.5 Å². The second kappa shape index (κ2) is 9.09. The Morgan fingerprint density at radius 3 is 2.88 bits per heavy atom. The minimum atomic E-state index is 0.0189. The van der Waals surface area contributed by atoms with Gasteiger partial charge in [-0.25, -0.2) is 0 Å². The molecule has 1 unspecified atom stereocenters. The summed E-state index contributed by atoms with van der Waals surface area (Å²) < 4.78 is 11.0. The van der Waals surface area contributed by atoms with E-state index in [-0.39, 0.29) is 18.6 Å². The fraction of sp³-hybridized carbons (Fsp3) is 0.650. The van der Waals surface area contributed by atoms with Crippen molar-refractivity contribution in [3.05, 3.63) is 24.3 Å². The van der Waals surface area contributed by atoms with E-state index < -0.39 is 0 Å². The predicted octanol–water partition coefficient (Wildman–Crippen LogP) is 2.99. The maximum atomic E-state index is 12.0. The quantitative estimate of drug-likeness (QED) is 0.825. The summed E-state index contributed by atoms with van der Waals surface area (Å²) in [5.74, 6) is 1.39. The number of rotatable bonds is 7. The average molecular weight is 346 g/mol. The Morgan fingerprint density at radius 2 is 2.08 bits per heavy atom. The van der Waals surface area contributed by atoms with Crippen LogP contribution in [0.25, 0.3) is 0 Å². The van der Waals surface area contributed by atoms with Crippen molar-refractivity contribution in [3.8, 4) is 5.75 Å². The van der Waals surface area contributed by atoms with Crippen molar-refractivity contribution in [1.82, 2.24) is 5.32 Å². The monoisotopic (exact) mass is 346 g/mol. The van der Waals surface area contributed by atoms with Crippen molar-refractivity contribution in [2.75, 3.05) is 38.3 Å². The zero-order chi connectivity index (χ0) is 17.5. The van der Waals surface area contributed by atoms with Crippen molar-refractivity contribution in [2.24, 2.45) is 5.92 Å². The van der Waals surface area contributed by atoms with Gasteiger partial charge in [-0.1, -0.05) is 25.3 Å². The fourth-order valence-electron chi connectivity index (χ4n) is 3.78. The molecule has 1 aromatic rings. The molecule has 1 saturated heterocycles. The van der Waals surface area contributed by atoms with Gasteiger partial charge in [0.05, 0.1) is 13.2 Å². The number of carbonyl (C=O) groups excluding carboxylic acids is 1. The first kappa shape index (κ1) is 18.1. The molecule has 0 bridgehead atoms. The Morgan fingerprint density at radius 1 is 1.24 bits per heavy atom. The molecule has 1 N–H and O–H groups in total. The van der Waals surface area contributed by atoms with Gasteiger partial charge in [-0.05, 0) is 37.3 Å². The second-order valence-electron chi connectivity index (χ2n) is 7.18. The van der Waals surface area contributed by atoms with Gasteiger partial charge in [0.1, 0.15) is 12.4 Å². The predicted molar refractivity (Wildman–Crippen MR) is 99.1 cm³/mol. The first-order valence-electron chi connectivity index (χ1n) is 9.52. The Labute approximate surface area is 150 Å². The third-order valence-electron chi connectivity index (χ3n) is 5.29. The van der Waals surface area contributed by atoms with Crippen molar-refractivity contribution in [3.63, 3.8) is 0 Å². The number of hydrogen-bond donors (Lipinski definition) is 1. The van der Waals surface area contributed by atoms with Gasteiger partial charge in [-0.15, -0.1) is 0 Å². The van der Waals surface area contributed by atoms with Crippen LogP contribution in [0.4, 0.5) is 5.69 Å². The van der Waals surface area contributed by atoms with Gasteiger partial charge in [-0.3, -0.25) is 4.79 Å². The van der Waals surface area contributed by atoms with Crippen molar-refractivity contribution >= 4 is 11.6 Å². The zero-order valence-electron chi connectivity index (χ0n) is 15.2. The van der Waals surface area contributed by atoms with Crippen LogP contribution in [0.2, 0.25) is 0 Å². The lowest BCUT2D eigenvalue weighted by molar-refractivity contribution is -0.128. The third kappa shape index (κ3) is 5.36. The molecule has 5 nitrogen and oxygen atoms in total. The van der Waals surface area contributed by atoms with Crippen LogP contribution in [0.15, 0.2) is 24.3 Å². The van der Waals surface area contributed by atoms with E-state index in [9.17, 15) is 4.79 Å².